The Morgan fingerprint density at radius 1 is 1.28 bits per heavy atom. The van der Waals surface area contributed by atoms with Gasteiger partial charge in [-0.3, -0.25) is 9.59 Å². The molecule has 0 aliphatic heterocycles. The fourth-order valence-corrected chi connectivity index (χ4v) is 3.71. The number of rotatable bonds is 10. The van der Waals surface area contributed by atoms with E-state index in [0.29, 0.717) is 26.9 Å². The van der Waals surface area contributed by atoms with Gasteiger partial charge in [0.15, 0.2) is 5.82 Å². The predicted octanol–water partition coefficient (Wildman–Crippen LogP) is 4.50. The molecular formula is C24H25BrClFN6O3. The molecule has 1 aromatic heterocycles. The smallest absolute Gasteiger partial charge is 0.247 e. The molecule has 3 rings (SSSR count). The number of anilines is 3. The molecule has 12 heteroatoms. The largest absolute Gasteiger partial charge is 0.489 e. The molecule has 0 saturated carbocycles. The zero-order chi connectivity index (χ0) is 26.4. The molecule has 0 fully saturated rings. The van der Waals surface area contributed by atoms with Crippen LogP contribution in [-0.2, 0) is 9.59 Å². The van der Waals surface area contributed by atoms with E-state index in [-0.39, 0.29) is 41.5 Å². The van der Waals surface area contributed by atoms with Gasteiger partial charge >= 0.3 is 0 Å². The third kappa shape index (κ3) is 6.68. The number of amides is 2. The van der Waals surface area contributed by atoms with Crippen molar-refractivity contribution < 1.29 is 18.7 Å². The standard InChI is InChI=1S/C24H25BrClFN6O3/c1-5-18(34)32-23-17(36-11-13(2)30-19(35)10-33(3)4)9-6-14-22(23)28-12-29-24(14)31-16-8-7-15(25)20(26)21(16)27/h5-9,12-13H,1,10-11H2,2-4H3,(H,30,35)(H,32,34)(H,28,29,31). The van der Waals surface area contributed by atoms with Crippen LogP contribution in [0.4, 0.5) is 21.6 Å². The minimum Gasteiger partial charge on any atom is -0.489 e. The van der Waals surface area contributed by atoms with Gasteiger partial charge in [-0.25, -0.2) is 14.4 Å². The summed E-state index contributed by atoms with van der Waals surface area (Å²) in [5, 5.41) is 8.92. The summed E-state index contributed by atoms with van der Waals surface area (Å²) in [5.41, 5.74) is 0.750. The van der Waals surface area contributed by atoms with Gasteiger partial charge in [-0.15, -0.1) is 0 Å². The van der Waals surface area contributed by atoms with E-state index in [2.05, 4.69) is 48.4 Å². The second-order valence-corrected chi connectivity index (χ2v) is 9.35. The van der Waals surface area contributed by atoms with Crippen molar-refractivity contribution in [1.82, 2.24) is 20.2 Å². The molecular weight excluding hydrogens is 555 g/mol. The number of fused-ring (bicyclic) bond motifs is 1. The van der Waals surface area contributed by atoms with E-state index in [1.807, 2.05) is 0 Å². The Morgan fingerprint density at radius 3 is 2.72 bits per heavy atom. The predicted molar refractivity (Wildman–Crippen MR) is 142 cm³/mol. The maximum atomic E-state index is 14.7. The molecule has 1 heterocycles. The normalized spacial score (nSPS) is 11.8. The Bertz CT molecular complexity index is 1310. The fourth-order valence-electron chi connectivity index (χ4n) is 3.24. The zero-order valence-corrected chi connectivity index (χ0v) is 22.2. The minimum atomic E-state index is -0.650. The van der Waals surface area contributed by atoms with Crippen LogP contribution in [0.3, 0.4) is 0 Å². The van der Waals surface area contributed by atoms with Crippen molar-refractivity contribution in [2.75, 3.05) is 37.9 Å². The number of carbonyl (C=O) groups is 2. The van der Waals surface area contributed by atoms with Gasteiger partial charge in [0.1, 0.15) is 35.7 Å². The van der Waals surface area contributed by atoms with Crippen molar-refractivity contribution >= 4 is 67.4 Å². The van der Waals surface area contributed by atoms with Crippen molar-refractivity contribution in [2.45, 2.75) is 13.0 Å². The lowest BCUT2D eigenvalue weighted by atomic mass is 10.1. The lowest BCUT2D eigenvalue weighted by Gasteiger charge is -2.19. The summed E-state index contributed by atoms with van der Waals surface area (Å²) in [4.78, 5) is 34.5. The number of likely N-dealkylation sites (N-methyl/N-ethyl adjacent to an activating group) is 1. The summed E-state index contributed by atoms with van der Waals surface area (Å²) in [6.45, 7) is 5.68. The number of hydrogen-bond acceptors (Lipinski definition) is 7. The number of aromatic nitrogens is 2. The molecule has 3 N–H and O–H groups in total. The second-order valence-electron chi connectivity index (χ2n) is 8.12. The van der Waals surface area contributed by atoms with Crippen molar-refractivity contribution in [3.05, 3.63) is 58.6 Å². The van der Waals surface area contributed by atoms with Crippen molar-refractivity contribution in [3.8, 4) is 5.75 Å². The molecule has 9 nitrogen and oxygen atoms in total. The summed E-state index contributed by atoms with van der Waals surface area (Å²) < 4.78 is 21.0. The van der Waals surface area contributed by atoms with Gasteiger partial charge in [-0.1, -0.05) is 18.2 Å². The highest BCUT2D eigenvalue weighted by Crippen LogP contribution is 2.37. The van der Waals surface area contributed by atoms with Gasteiger partial charge in [-0.2, -0.15) is 0 Å². The average Bonchev–Trinajstić information content (AvgIpc) is 2.83. The lowest BCUT2D eigenvalue weighted by molar-refractivity contribution is -0.122. The van der Waals surface area contributed by atoms with Crippen molar-refractivity contribution in [2.24, 2.45) is 0 Å². The van der Waals surface area contributed by atoms with E-state index in [4.69, 9.17) is 16.3 Å². The highest BCUT2D eigenvalue weighted by Gasteiger charge is 2.18. The Labute approximate surface area is 221 Å². The van der Waals surface area contributed by atoms with Crippen LogP contribution in [0.15, 0.2) is 47.7 Å². The summed E-state index contributed by atoms with van der Waals surface area (Å²) >= 11 is 9.19. The molecule has 3 aromatic rings. The molecule has 1 unspecified atom stereocenters. The van der Waals surface area contributed by atoms with Crippen LogP contribution in [0.25, 0.3) is 10.9 Å². The van der Waals surface area contributed by atoms with E-state index in [1.54, 1.807) is 44.1 Å². The molecule has 1 atom stereocenters. The van der Waals surface area contributed by atoms with E-state index in [9.17, 15) is 14.0 Å². The summed E-state index contributed by atoms with van der Waals surface area (Å²) in [6, 6.07) is 6.14. The summed E-state index contributed by atoms with van der Waals surface area (Å²) in [7, 11) is 3.60. The van der Waals surface area contributed by atoms with E-state index >= 15 is 0 Å². The quantitative estimate of drug-likeness (QED) is 0.240. The first kappa shape index (κ1) is 27.3. The van der Waals surface area contributed by atoms with Crippen LogP contribution in [0.5, 0.6) is 5.75 Å². The number of carbonyl (C=O) groups excluding carboxylic acids is 2. The van der Waals surface area contributed by atoms with Crippen molar-refractivity contribution in [3.63, 3.8) is 0 Å². The van der Waals surface area contributed by atoms with Crippen LogP contribution in [0, 0.1) is 5.82 Å². The van der Waals surface area contributed by atoms with E-state index < -0.39 is 11.7 Å². The number of hydrogen-bond donors (Lipinski definition) is 3. The van der Waals surface area contributed by atoms with Crippen molar-refractivity contribution in [1.29, 1.82) is 0 Å². The van der Waals surface area contributed by atoms with Gasteiger partial charge in [0.05, 0.1) is 23.3 Å². The lowest BCUT2D eigenvalue weighted by Crippen LogP contribution is -2.41. The monoisotopic (exact) mass is 578 g/mol. The number of halogens is 3. The van der Waals surface area contributed by atoms with Gasteiger partial charge in [0.25, 0.3) is 0 Å². The third-order valence-corrected chi connectivity index (χ3v) is 6.11. The fraction of sp³-hybridized carbons (Fsp3) is 0.250. The minimum absolute atomic E-state index is 0.0697. The average molecular weight is 580 g/mol. The highest BCUT2D eigenvalue weighted by atomic mass is 79.9. The SMILES string of the molecule is C=CC(=O)Nc1c(OCC(C)NC(=O)CN(C)C)ccc2c(Nc3ccc(Br)c(Cl)c3F)ncnc12. The number of nitrogens with one attached hydrogen (secondary N) is 3. The number of nitrogens with zero attached hydrogens (tertiary/aromatic N) is 3. The van der Waals surface area contributed by atoms with Gasteiger partial charge in [0, 0.05) is 9.86 Å². The summed E-state index contributed by atoms with van der Waals surface area (Å²) in [6.07, 6.45) is 2.40. The van der Waals surface area contributed by atoms with Crippen LogP contribution in [-0.4, -0.2) is 60.0 Å². The highest BCUT2D eigenvalue weighted by molar-refractivity contribution is 9.10. The first-order chi connectivity index (χ1) is 17.1. The van der Waals surface area contributed by atoms with E-state index in [1.165, 1.54) is 12.4 Å². The molecule has 0 radical (unpaired) electrons. The Kier molecular flexibility index (Phi) is 9.19. The van der Waals surface area contributed by atoms with Gasteiger partial charge < -0.3 is 25.6 Å². The molecule has 0 spiro atoms. The first-order valence-electron chi connectivity index (χ1n) is 10.8. The molecule has 0 aliphatic carbocycles. The second kappa shape index (κ2) is 12.1. The molecule has 0 saturated heterocycles. The number of benzene rings is 2. The molecule has 0 bridgehead atoms. The Morgan fingerprint density at radius 2 is 2.03 bits per heavy atom. The van der Waals surface area contributed by atoms with Crippen LogP contribution in [0.1, 0.15) is 6.92 Å². The molecule has 0 aliphatic rings. The topological polar surface area (TPSA) is 108 Å². The van der Waals surface area contributed by atoms with Gasteiger partial charge in [0.2, 0.25) is 11.8 Å². The van der Waals surface area contributed by atoms with Crippen LogP contribution < -0.4 is 20.7 Å². The first-order valence-corrected chi connectivity index (χ1v) is 12.0. The zero-order valence-electron chi connectivity index (χ0n) is 19.9. The molecule has 2 amide bonds. The Hall–Kier alpha value is -3.28. The van der Waals surface area contributed by atoms with E-state index in [0.717, 1.165) is 6.08 Å². The molecule has 2 aromatic carbocycles. The maximum Gasteiger partial charge on any atom is 0.247 e. The maximum absolute atomic E-state index is 14.7. The van der Waals surface area contributed by atoms with Crippen LogP contribution in [0.2, 0.25) is 5.02 Å². The summed E-state index contributed by atoms with van der Waals surface area (Å²) in [5.74, 6) is -0.642. The molecule has 190 valence electrons. The van der Waals surface area contributed by atoms with Gasteiger partial charge in [-0.05, 0) is 67.3 Å². The Balaban J connectivity index is 1.93. The molecule has 36 heavy (non-hydrogen) atoms. The number of ether oxygens (including phenoxy) is 1. The third-order valence-electron chi connectivity index (χ3n) is 4.85. The van der Waals surface area contributed by atoms with Crippen LogP contribution >= 0.6 is 27.5 Å².